The summed E-state index contributed by atoms with van der Waals surface area (Å²) < 4.78 is 0. The Hall–Kier alpha value is -0.820. The van der Waals surface area contributed by atoms with E-state index in [0.717, 1.165) is 24.2 Å². The minimum absolute atomic E-state index is 0.383. The molecule has 0 amide bonds. The highest BCUT2D eigenvalue weighted by molar-refractivity contribution is 5.38. The van der Waals surface area contributed by atoms with E-state index in [9.17, 15) is 0 Å². The van der Waals surface area contributed by atoms with Crippen LogP contribution >= 0.6 is 0 Å². The van der Waals surface area contributed by atoms with Crippen LogP contribution in [-0.2, 0) is 6.42 Å². The Morgan fingerprint density at radius 1 is 1.05 bits per heavy atom. The van der Waals surface area contributed by atoms with Crippen molar-refractivity contribution in [2.24, 2.45) is 23.5 Å². The van der Waals surface area contributed by atoms with Crippen LogP contribution in [0.2, 0.25) is 0 Å². The Morgan fingerprint density at radius 3 is 2.11 bits per heavy atom. The Balaban J connectivity index is 1.72. The number of benzene rings is 1. The predicted octanol–water partition coefficient (Wildman–Crippen LogP) is 3.92. The number of nitrogens with two attached hydrogens (primary N) is 1. The third kappa shape index (κ3) is 2.45. The van der Waals surface area contributed by atoms with E-state index in [1.807, 2.05) is 0 Å². The molecular weight excluding hydrogens is 230 g/mol. The molecule has 104 valence electrons. The molecule has 3 unspecified atom stereocenters. The first-order valence-electron chi connectivity index (χ1n) is 7.90. The largest absolute Gasteiger partial charge is 0.327 e. The topological polar surface area (TPSA) is 26.0 Å². The van der Waals surface area contributed by atoms with Crippen molar-refractivity contribution in [3.05, 3.63) is 34.4 Å². The fraction of sp³-hybridized carbons (Fsp3) is 0.667. The summed E-state index contributed by atoms with van der Waals surface area (Å²) in [6, 6.07) is 4.98. The third-order valence-corrected chi connectivity index (χ3v) is 5.50. The first-order valence-corrected chi connectivity index (χ1v) is 7.90. The normalized spacial score (nSPS) is 30.8. The molecular formula is C18H27N. The standard InChI is InChI=1S/C18H27N/c1-11-8-12(2)16(13(3)9-11)10-17(19)18-14-6-4-5-7-15(14)18/h8-9,14-15,17-18H,4-7,10,19H2,1-3H3. The molecule has 2 saturated carbocycles. The molecule has 19 heavy (non-hydrogen) atoms. The zero-order chi connectivity index (χ0) is 13.6. The van der Waals surface area contributed by atoms with Crippen molar-refractivity contribution in [1.29, 1.82) is 0 Å². The highest BCUT2D eigenvalue weighted by atomic mass is 14.7. The Bertz CT molecular complexity index is 442. The maximum absolute atomic E-state index is 6.55. The first kappa shape index (κ1) is 13.2. The summed E-state index contributed by atoms with van der Waals surface area (Å²) in [7, 11) is 0. The van der Waals surface area contributed by atoms with Crippen molar-refractivity contribution in [1.82, 2.24) is 0 Å². The molecule has 0 aromatic heterocycles. The number of hydrogen-bond donors (Lipinski definition) is 1. The molecule has 0 radical (unpaired) electrons. The van der Waals surface area contributed by atoms with Gasteiger partial charge >= 0.3 is 0 Å². The smallest absolute Gasteiger partial charge is 0.0113 e. The molecule has 1 heteroatoms. The average molecular weight is 257 g/mol. The number of rotatable bonds is 3. The third-order valence-electron chi connectivity index (χ3n) is 5.50. The minimum atomic E-state index is 0.383. The molecule has 3 rings (SSSR count). The Labute approximate surface area is 117 Å². The van der Waals surface area contributed by atoms with Gasteiger partial charge in [0.25, 0.3) is 0 Å². The van der Waals surface area contributed by atoms with Gasteiger partial charge in [0.05, 0.1) is 0 Å². The van der Waals surface area contributed by atoms with Crippen LogP contribution in [0.4, 0.5) is 0 Å². The second kappa shape index (κ2) is 4.94. The zero-order valence-electron chi connectivity index (χ0n) is 12.6. The van der Waals surface area contributed by atoms with Gasteiger partial charge in [-0.25, -0.2) is 0 Å². The molecule has 0 saturated heterocycles. The van der Waals surface area contributed by atoms with E-state index in [1.165, 1.54) is 47.9 Å². The van der Waals surface area contributed by atoms with E-state index in [4.69, 9.17) is 5.73 Å². The van der Waals surface area contributed by atoms with E-state index >= 15 is 0 Å². The van der Waals surface area contributed by atoms with Crippen molar-refractivity contribution in [2.45, 2.75) is 58.9 Å². The molecule has 0 aliphatic heterocycles. The molecule has 2 aliphatic carbocycles. The summed E-state index contributed by atoms with van der Waals surface area (Å²) in [4.78, 5) is 0. The lowest BCUT2D eigenvalue weighted by Gasteiger charge is -2.17. The van der Waals surface area contributed by atoms with Crippen LogP contribution in [-0.4, -0.2) is 6.04 Å². The van der Waals surface area contributed by atoms with E-state index < -0.39 is 0 Å². The molecule has 0 heterocycles. The van der Waals surface area contributed by atoms with Crippen LogP contribution in [0.1, 0.15) is 47.9 Å². The van der Waals surface area contributed by atoms with Gasteiger partial charge in [-0.05, 0) is 74.5 Å². The van der Waals surface area contributed by atoms with Crippen LogP contribution in [0.3, 0.4) is 0 Å². The molecule has 2 N–H and O–H groups in total. The van der Waals surface area contributed by atoms with Gasteiger partial charge in [-0.15, -0.1) is 0 Å². The van der Waals surface area contributed by atoms with E-state index in [0.29, 0.717) is 6.04 Å². The summed E-state index contributed by atoms with van der Waals surface area (Å²) in [5.74, 6) is 2.76. The maximum atomic E-state index is 6.55. The molecule has 2 aliphatic rings. The lowest BCUT2D eigenvalue weighted by atomic mass is 9.92. The Morgan fingerprint density at radius 2 is 1.58 bits per heavy atom. The summed E-state index contributed by atoms with van der Waals surface area (Å²) in [5, 5.41) is 0. The Kier molecular flexibility index (Phi) is 3.42. The summed E-state index contributed by atoms with van der Waals surface area (Å²) in [6.07, 6.45) is 6.83. The van der Waals surface area contributed by atoms with Crippen molar-refractivity contribution in [3.63, 3.8) is 0 Å². The van der Waals surface area contributed by atoms with Crippen LogP contribution in [0, 0.1) is 38.5 Å². The van der Waals surface area contributed by atoms with Crippen molar-refractivity contribution in [2.75, 3.05) is 0 Å². The molecule has 1 aromatic carbocycles. The molecule has 3 atom stereocenters. The highest BCUT2D eigenvalue weighted by Gasteiger charge is 2.52. The molecule has 2 fully saturated rings. The summed E-state index contributed by atoms with van der Waals surface area (Å²) >= 11 is 0. The van der Waals surface area contributed by atoms with E-state index in [-0.39, 0.29) is 0 Å². The molecule has 0 bridgehead atoms. The van der Waals surface area contributed by atoms with Gasteiger partial charge < -0.3 is 5.73 Å². The average Bonchev–Trinajstić information content (AvgIpc) is 3.07. The number of fused-ring (bicyclic) bond motifs is 1. The molecule has 1 aromatic rings. The zero-order valence-corrected chi connectivity index (χ0v) is 12.6. The second-order valence-electron chi connectivity index (χ2n) is 6.93. The van der Waals surface area contributed by atoms with Crippen molar-refractivity contribution >= 4 is 0 Å². The van der Waals surface area contributed by atoms with Crippen molar-refractivity contribution in [3.8, 4) is 0 Å². The second-order valence-corrected chi connectivity index (χ2v) is 6.93. The maximum Gasteiger partial charge on any atom is 0.0113 e. The lowest BCUT2D eigenvalue weighted by molar-refractivity contribution is 0.480. The lowest BCUT2D eigenvalue weighted by Crippen LogP contribution is -2.27. The van der Waals surface area contributed by atoms with Gasteiger partial charge in [0.1, 0.15) is 0 Å². The monoisotopic (exact) mass is 257 g/mol. The van der Waals surface area contributed by atoms with Gasteiger partial charge in [0.2, 0.25) is 0 Å². The minimum Gasteiger partial charge on any atom is -0.327 e. The van der Waals surface area contributed by atoms with Gasteiger partial charge in [-0.3, -0.25) is 0 Å². The fourth-order valence-corrected chi connectivity index (χ4v) is 4.59. The predicted molar refractivity (Wildman–Crippen MR) is 81.3 cm³/mol. The van der Waals surface area contributed by atoms with Crippen LogP contribution in [0.15, 0.2) is 12.1 Å². The van der Waals surface area contributed by atoms with Crippen LogP contribution < -0.4 is 5.73 Å². The van der Waals surface area contributed by atoms with Gasteiger partial charge in [-0.1, -0.05) is 30.5 Å². The van der Waals surface area contributed by atoms with E-state index in [1.54, 1.807) is 0 Å². The molecule has 0 spiro atoms. The number of aryl methyl sites for hydroxylation is 3. The van der Waals surface area contributed by atoms with Gasteiger partial charge in [-0.2, -0.15) is 0 Å². The SMILES string of the molecule is Cc1cc(C)c(CC(N)C2C3CCCCC32)c(C)c1. The van der Waals surface area contributed by atoms with Crippen LogP contribution in [0.5, 0.6) is 0 Å². The van der Waals surface area contributed by atoms with E-state index in [2.05, 4.69) is 32.9 Å². The summed E-state index contributed by atoms with van der Waals surface area (Å²) in [5.41, 5.74) is 12.3. The first-order chi connectivity index (χ1) is 9.08. The van der Waals surface area contributed by atoms with Crippen molar-refractivity contribution < 1.29 is 0 Å². The van der Waals surface area contributed by atoms with Gasteiger partial charge in [0, 0.05) is 6.04 Å². The van der Waals surface area contributed by atoms with Gasteiger partial charge in [0.15, 0.2) is 0 Å². The number of hydrogen-bond acceptors (Lipinski definition) is 1. The quantitative estimate of drug-likeness (QED) is 0.872. The highest BCUT2D eigenvalue weighted by Crippen LogP contribution is 2.56. The fourth-order valence-electron chi connectivity index (χ4n) is 4.59. The van der Waals surface area contributed by atoms with Crippen LogP contribution in [0.25, 0.3) is 0 Å². The summed E-state index contributed by atoms with van der Waals surface area (Å²) in [6.45, 7) is 6.66. The molecule has 1 nitrogen and oxygen atoms in total.